The molecule has 0 atom stereocenters. The van der Waals surface area contributed by atoms with E-state index >= 15 is 0 Å². The van der Waals surface area contributed by atoms with Crippen molar-refractivity contribution in [2.24, 2.45) is 0 Å². The number of benzene rings is 1. The Morgan fingerprint density at radius 2 is 2.00 bits per heavy atom. The molecule has 0 saturated carbocycles. The van der Waals surface area contributed by atoms with Gasteiger partial charge in [-0.2, -0.15) is 4.98 Å². The van der Waals surface area contributed by atoms with Gasteiger partial charge in [0.05, 0.1) is 11.8 Å². The second-order valence-corrected chi connectivity index (χ2v) is 5.28. The molecule has 106 valence electrons. The van der Waals surface area contributed by atoms with Crippen molar-refractivity contribution in [3.05, 3.63) is 40.9 Å². The molecule has 1 aromatic carbocycles. The lowest BCUT2D eigenvalue weighted by atomic mass is 10.2. The third-order valence-corrected chi connectivity index (χ3v) is 2.93. The van der Waals surface area contributed by atoms with Crippen molar-refractivity contribution in [1.29, 1.82) is 0 Å². The molecule has 20 heavy (non-hydrogen) atoms. The molecule has 0 aliphatic heterocycles. The summed E-state index contributed by atoms with van der Waals surface area (Å²) < 4.78 is 5.58. The molecule has 2 rings (SSSR count). The first-order valence-electron chi connectivity index (χ1n) is 6.42. The number of ether oxygens (including phenoxy) is 1. The Morgan fingerprint density at radius 1 is 1.25 bits per heavy atom. The Labute approximate surface area is 123 Å². The zero-order valence-corrected chi connectivity index (χ0v) is 12.5. The average molecular weight is 292 g/mol. The minimum atomic E-state index is 0.0213. The summed E-state index contributed by atoms with van der Waals surface area (Å²) in [6, 6.07) is 9.24. The first-order chi connectivity index (χ1) is 9.45. The van der Waals surface area contributed by atoms with E-state index < -0.39 is 0 Å². The fourth-order valence-corrected chi connectivity index (χ4v) is 1.88. The molecule has 0 aliphatic rings. The van der Waals surface area contributed by atoms with E-state index in [0.717, 1.165) is 11.3 Å². The second kappa shape index (κ2) is 6.01. The fourth-order valence-electron chi connectivity index (χ4n) is 1.71. The van der Waals surface area contributed by atoms with Gasteiger partial charge in [0, 0.05) is 10.7 Å². The second-order valence-electron chi connectivity index (χ2n) is 4.84. The van der Waals surface area contributed by atoms with Gasteiger partial charge in [0.2, 0.25) is 5.88 Å². The number of nitrogens with one attached hydrogen (secondary N) is 1. The average Bonchev–Trinajstić information content (AvgIpc) is 2.37. The van der Waals surface area contributed by atoms with Crippen LogP contribution < -0.4 is 15.8 Å². The van der Waals surface area contributed by atoms with Gasteiger partial charge in [-0.05, 0) is 50.6 Å². The molecule has 0 radical (unpaired) electrons. The van der Waals surface area contributed by atoms with Gasteiger partial charge >= 0.3 is 0 Å². The van der Waals surface area contributed by atoms with Crippen molar-refractivity contribution in [3.8, 4) is 5.88 Å². The van der Waals surface area contributed by atoms with Crippen LogP contribution in [0.4, 0.5) is 17.2 Å². The van der Waals surface area contributed by atoms with Crippen molar-refractivity contribution in [2.75, 3.05) is 11.1 Å². The van der Waals surface area contributed by atoms with Gasteiger partial charge in [-0.3, -0.25) is 0 Å². The number of hydrogen-bond donors (Lipinski definition) is 2. The molecular formula is C15H18ClN3O. The van der Waals surface area contributed by atoms with E-state index in [4.69, 9.17) is 22.1 Å². The third kappa shape index (κ3) is 3.54. The van der Waals surface area contributed by atoms with E-state index in [0.29, 0.717) is 22.4 Å². The number of nitrogen functional groups attached to an aromatic ring is 1. The van der Waals surface area contributed by atoms with Crippen LogP contribution in [0.1, 0.15) is 19.4 Å². The van der Waals surface area contributed by atoms with Crippen LogP contribution in [-0.2, 0) is 0 Å². The van der Waals surface area contributed by atoms with Crippen molar-refractivity contribution in [1.82, 2.24) is 4.98 Å². The number of pyridine rings is 1. The van der Waals surface area contributed by atoms with Gasteiger partial charge < -0.3 is 15.8 Å². The topological polar surface area (TPSA) is 60.2 Å². The highest BCUT2D eigenvalue weighted by Crippen LogP contribution is 2.27. The summed E-state index contributed by atoms with van der Waals surface area (Å²) >= 11 is 6.00. The standard InChI is InChI=1S/C15H18ClN3O/c1-9(2)20-15-12(17)6-7-14(19-15)18-13-8-11(16)5-4-10(13)3/h4-9H,17H2,1-3H3,(H,18,19). The first kappa shape index (κ1) is 14.5. The van der Waals surface area contributed by atoms with Crippen LogP contribution in [0.15, 0.2) is 30.3 Å². The minimum absolute atomic E-state index is 0.0213. The molecule has 1 heterocycles. The molecule has 5 heteroatoms. The summed E-state index contributed by atoms with van der Waals surface area (Å²) in [6.07, 6.45) is 0.0213. The lowest BCUT2D eigenvalue weighted by Gasteiger charge is -2.14. The number of anilines is 3. The van der Waals surface area contributed by atoms with Gasteiger partial charge in [0.15, 0.2) is 0 Å². The van der Waals surface area contributed by atoms with Crippen LogP contribution in [0.2, 0.25) is 5.02 Å². The summed E-state index contributed by atoms with van der Waals surface area (Å²) in [5, 5.41) is 3.90. The normalized spacial score (nSPS) is 10.7. The first-order valence-corrected chi connectivity index (χ1v) is 6.80. The van der Waals surface area contributed by atoms with Gasteiger partial charge in [0.1, 0.15) is 5.82 Å². The van der Waals surface area contributed by atoms with E-state index in [2.05, 4.69) is 10.3 Å². The molecule has 0 spiro atoms. The van der Waals surface area contributed by atoms with E-state index in [-0.39, 0.29) is 6.10 Å². The Balaban J connectivity index is 2.27. The van der Waals surface area contributed by atoms with Crippen molar-refractivity contribution in [2.45, 2.75) is 26.9 Å². The molecule has 0 saturated heterocycles. The van der Waals surface area contributed by atoms with Crippen LogP contribution in [-0.4, -0.2) is 11.1 Å². The number of nitrogens with zero attached hydrogens (tertiary/aromatic N) is 1. The highest BCUT2D eigenvalue weighted by Gasteiger charge is 2.08. The molecule has 0 fully saturated rings. The zero-order chi connectivity index (χ0) is 14.7. The Bertz CT molecular complexity index is 614. The van der Waals surface area contributed by atoms with E-state index in [9.17, 15) is 0 Å². The number of aromatic nitrogens is 1. The molecule has 0 aliphatic carbocycles. The van der Waals surface area contributed by atoms with Gasteiger partial charge in [-0.1, -0.05) is 17.7 Å². The molecule has 3 N–H and O–H groups in total. The molecule has 4 nitrogen and oxygen atoms in total. The van der Waals surface area contributed by atoms with E-state index in [1.165, 1.54) is 0 Å². The van der Waals surface area contributed by atoms with Crippen molar-refractivity contribution >= 4 is 28.8 Å². The SMILES string of the molecule is Cc1ccc(Cl)cc1Nc1ccc(N)c(OC(C)C)n1. The fraction of sp³-hybridized carbons (Fsp3) is 0.267. The van der Waals surface area contributed by atoms with Crippen LogP contribution >= 0.6 is 11.6 Å². The quantitative estimate of drug-likeness (QED) is 0.888. The Kier molecular flexibility index (Phi) is 4.35. The smallest absolute Gasteiger partial charge is 0.239 e. The molecule has 0 unspecified atom stereocenters. The Morgan fingerprint density at radius 3 is 2.70 bits per heavy atom. The third-order valence-electron chi connectivity index (χ3n) is 2.70. The lowest BCUT2D eigenvalue weighted by molar-refractivity contribution is 0.234. The maximum atomic E-state index is 6.00. The minimum Gasteiger partial charge on any atom is -0.473 e. The van der Waals surface area contributed by atoms with Crippen LogP contribution in [0.5, 0.6) is 5.88 Å². The van der Waals surface area contributed by atoms with Crippen molar-refractivity contribution in [3.63, 3.8) is 0 Å². The number of halogens is 1. The van der Waals surface area contributed by atoms with Gasteiger partial charge in [-0.25, -0.2) is 0 Å². The predicted octanol–water partition coefficient (Wildman–Crippen LogP) is 4.16. The van der Waals surface area contributed by atoms with E-state index in [1.807, 2.05) is 45.0 Å². The van der Waals surface area contributed by atoms with E-state index in [1.54, 1.807) is 6.07 Å². The Hall–Kier alpha value is -1.94. The molecular weight excluding hydrogens is 274 g/mol. The summed E-state index contributed by atoms with van der Waals surface area (Å²) in [4.78, 5) is 4.38. The number of rotatable bonds is 4. The molecule has 1 aromatic heterocycles. The largest absolute Gasteiger partial charge is 0.473 e. The maximum absolute atomic E-state index is 6.00. The van der Waals surface area contributed by atoms with Crippen molar-refractivity contribution < 1.29 is 4.74 Å². The predicted molar refractivity (Wildman–Crippen MR) is 83.9 cm³/mol. The summed E-state index contributed by atoms with van der Waals surface area (Å²) in [5.74, 6) is 1.10. The summed E-state index contributed by atoms with van der Waals surface area (Å²) in [7, 11) is 0. The highest BCUT2D eigenvalue weighted by atomic mass is 35.5. The maximum Gasteiger partial charge on any atom is 0.239 e. The lowest BCUT2D eigenvalue weighted by Crippen LogP contribution is -2.09. The molecule has 0 bridgehead atoms. The summed E-state index contributed by atoms with van der Waals surface area (Å²) in [6.45, 7) is 5.87. The number of hydrogen-bond acceptors (Lipinski definition) is 4. The highest BCUT2D eigenvalue weighted by molar-refractivity contribution is 6.30. The number of aryl methyl sites for hydroxylation is 1. The van der Waals surface area contributed by atoms with Gasteiger partial charge in [0.25, 0.3) is 0 Å². The monoisotopic (exact) mass is 291 g/mol. The number of nitrogens with two attached hydrogens (primary N) is 1. The van der Waals surface area contributed by atoms with Crippen LogP contribution in [0.3, 0.4) is 0 Å². The molecule has 2 aromatic rings. The van der Waals surface area contributed by atoms with Gasteiger partial charge in [-0.15, -0.1) is 0 Å². The van der Waals surface area contributed by atoms with Crippen LogP contribution in [0, 0.1) is 6.92 Å². The zero-order valence-electron chi connectivity index (χ0n) is 11.8. The molecule has 0 amide bonds. The summed E-state index contributed by atoms with van der Waals surface area (Å²) in [5.41, 5.74) is 8.36. The van der Waals surface area contributed by atoms with Crippen LogP contribution in [0.25, 0.3) is 0 Å².